The van der Waals surface area contributed by atoms with Crippen LogP contribution in [0.5, 0.6) is 0 Å². The molecule has 0 amide bonds. The van der Waals surface area contributed by atoms with Crippen molar-refractivity contribution >= 4 is 12.6 Å². The highest BCUT2D eigenvalue weighted by Crippen LogP contribution is 2.36. The highest BCUT2D eigenvalue weighted by molar-refractivity contribution is 6.61. The molecular weight excluding hydrogens is 303 g/mol. The molecule has 1 aromatic rings. The third-order valence-electron chi connectivity index (χ3n) is 5.22. The van der Waals surface area contributed by atoms with Gasteiger partial charge in [-0.05, 0) is 40.5 Å². The van der Waals surface area contributed by atoms with Crippen molar-refractivity contribution in [3.8, 4) is 0 Å². The molecule has 1 fully saturated rings. The van der Waals surface area contributed by atoms with Crippen molar-refractivity contribution in [1.29, 1.82) is 0 Å². The minimum atomic E-state index is -0.324. The van der Waals surface area contributed by atoms with Crippen LogP contribution in [0.2, 0.25) is 0 Å². The van der Waals surface area contributed by atoms with Crippen molar-refractivity contribution in [2.24, 2.45) is 0 Å². The first-order chi connectivity index (χ1) is 11.4. The molecule has 136 valence electrons. The quantitative estimate of drug-likeness (QED) is 0.527. The molecule has 0 aromatic carbocycles. The second-order valence-corrected chi connectivity index (χ2v) is 7.82. The summed E-state index contributed by atoms with van der Waals surface area (Å²) in [6, 6.07) is 0. The van der Waals surface area contributed by atoms with E-state index in [1.165, 1.54) is 25.7 Å². The summed E-state index contributed by atoms with van der Waals surface area (Å²) in [6.07, 6.45) is 12.1. The number of aromatic nitrogens is 2. The Morgan fingerprint density at radius 2 is 1.50 bits per heavy atom. The van der Waals surface area contributed by atoms with E-state index in [1.807, 2.05) is 17.1 Å². The predicted molar refractivity (Wildman–Crippen MR) is 97.3 cm³/mol. The molecule has 0 bridgehead atoms. The van der Waals surface area contributed by atoms with Crippen LogP contribution in [0.1, 0.15) is 72.6 Å². The van der Waals surface area contributed by atoms with Gasteiger partial charge in [-0.2, -0.15) is 5.10 Å². The molecule has 2 heterocycles. The molecular formula is C18H33BN2O3. The van der Waals surface area contributed by atoms with Crippen molar-refractivity contribution in [2.75, 3.05) is 6.61 Å². The smallest absolute Gasteiger partial charge is 0.399 e. The van der Waals surface area contributed by atoms with E-state index < -0.39 is 0 Å². The number of hydrogen-bond acceptors (Lipinski definition) is 4. The van der Waals surface area contributed by atoms with Crippen molar-refractivity contribution in [3.63, 3.8) is 0 Å². The summed E-state index contributed by atoms with van der Waals surface area (Å²) in [7, 11) is -0.324. The van der Waals surface area contributed by atoms with Gasteiger partial charge in [-0.25, -0.2) is 0 Å². The van der Waals surface area contributed by atoms with Crippen LogP contribution in [0.25, 0.3) is 0 Å². The molecule has 0 atom stereocenters. The van der Waals surface area contributed by atoms with Crippen molar-refractivity contribution in [2.45, 2.75) is 90.4 Å². The van der Waals surface area contributed by atoms with Gasteiger partial charge in [0.05, 0.1) is 11.2 Å². The van der Waals surface area contributed by atoms with Gasteiger partial charge in [0.2, 0.25) is 0 Å². The fourth-order valence-electron chi connectivity index (χ4n) is 2.87. The van der Waals surface area contributed by atoms with E-state index in [0.29, 0.717) is 6.61 Å². The second-order valence-electron chi connectivity index (χ2n) is 7.82. The summed E-state index contributed by atoms with van der Waals surface area (Å²) in [5.74, 6) is 0. The molecule has 5 nitrogen and oxygen atoms in total. The molecule has 2 rings (SSSR count). The van der Waals surface area contributed by atoms with Gasteiger partial charge in [0.15, 0.2) is 0 Å². The van der Waals surface area contributed by atoms with Gasteiger partial charge in [-0.15, -0.1) is 0 Å². The monoisotopic (exact) mass is 336 g/mol. The van der Waals surface area contributed by atoms with E-state index in [9.17, 15) is 0 Å². The molecule has 24 heavy (non-hydrogen) atoms. The second kappa shape index (κ2) is 8.50. The number of aliphatic hydroxyl groups is 1. The van der Waals surface area contributed by atoms with Crippen LogP contribution in [0.15, 0.2) is 12.4 Å². The molecule has 1 N–H and O–H groups in total. The van der Waals surface area contributed by atoms with Gasteiger partial charge in [0.25, 0.3) is 0 Å². The third kappa shape index (κ3) is 5.07. The zero-order chi connectivity index (χ0) is 17.6. The molecule has 0 radical (unpaired) electrons. The summed E-state index contributed by atoms with van der Waals surface area (Å²) in [5, 5.41) is 13.2. The molecule has 0 saturated carbocycles. The fraction of sp³-hybridized carbons (Fsp3) is 0.833. The molecule has 0 aliphatic carbocycles. The lowest BCUT2D eigenvalue weighted by molar-refractivity contribution is 0.00578. The normalized spacial score (nSPS) is 19.1. The molecule has 0 spiro atoms. The summed E-state index contributed by atoms with van der Waals surface area (Å²) in [5.41, 5.74) is 0.378. The first kappa shape index (κ1) is 19.5. The van der Waals surface area contributed by atoms with Crippen LogP contribution >= 0.6 is 0 Å². The molecule has 6 heteroatoms. The highest BCUT2D eigenvalue weighted by Gasteiger charge is 2.52. The third-order valence-corrected chi connectivity index (χ3v) is 5.22. The van der Waals surface area contributed by atoms with Crippen LogP contribution in [0.3, 0.4) is 0 Å². The summed E-state index contributed by atoms with van der Waals surface area (Å²) in [4.78, 5) is 0. The van der Waals surface area contributed by atoms with E-state index >= 15 is 0 Å². The van der Waals surface area contributed by atoms with Gasteiger partial charge in [-0.3, -0.25) is 4.68 Å². The van der Waals surface area contributed by atoms with Crippen LogP contribution < -0.4 is 5.46 Å². The fourth-order valence-corrected chi connectivity index (χ4v) is 2.87. The van der Waals surface area contributed by atoms with Gasteiger partial charge < -0.3 is 14.4 Å². The van der Waals surface area contributed by atoms with E-state index in [-0.39, 0.29) is 18.3 Å². The highest BCUT2D eigenvalue weighted by atomic mass is 16.7. The molecule has 1 aliphatic rings. The lowest BCUT2D eigenvalue weighted by Gasteiger charge is -2.32. The average molecular weight is 336 g/mol. The molecule has 1 aromatic heterocycles. The zero-order valence-corrected chi connectivity index (χ0v) is 15.8. The maximum Gasteiger partial charge on any atom is 0.498 e. The van der Waals surface area contributed by atoms with Crippen LogP contribution in [-0.4, -0.2) is 39.8 Å². The Balaban J connectivity index is 1.69. The predicted octanol–water partition coefficient (Wildman–Crippen LogP) is 2.91. The molecule has 1 saturated heterocycles. The van der Waals surface area contributed by atoms with Crippen LogP contribution in [0, 0.1) is 0 Å². The number of aryl methyl sites for hydroxylation is 1. The zero-order valence-electron chi connectivity index (χ0n) is 15.8. The maximum absolute atomic E-state index is 8.74. The Bertz CT molecular complexity index is 486. The first-order valence-corrected chi connectivity index (χ1v) is 9.34. The van der Waals surface area contributed by atoms with Gasteiger partial charge in [0, 0.05) is 31.0 Å². The Kier molecular flexibility index (Phi) is 6.90. The van der Waals surface area contributed by atoms with Crippen molar-refractivity contribution in [1.82, 2.24) is 9.78 Å². The minimum absolute atomic E-state index is 0.310. The number of unbranched alkanes of at least 4 members (excludes halogenated alkanes) is 6. The largest absolute Gasteiger partial charge is 0.498 e. The lowest BCUT2D eigenvalue weighted by Crippen LogP contribution is -2.41. The van der Waals surface area contributed by atoms with Gasteiger partial charge >= 0.3 is 7.12 Å². The lowest BCUT2D eigenvalue weighted by atomic mass is 9.82. The number of nitrogens with zero attached hydrogens (tertiary/aromatic N) is 2. The summed E-state index contributed by atoms with van der Waals surface area (Å²) < 4.78 is 14.1. The van der Waals surface area contributed by atoms with Crippen molar-refractivity contribution < 1.29 is 14.4 Å². The topological polar surface area (TPSA) is 56.5 Å². The average Bonchev–Trinajstić information content (AvgIpc) is 3.05. The number of rotatable bonds is 10. The van der Waals surface area contributed by atoms with Crippen molar-refractivity contribution in [3.05, 3.63) is 12.4 Å². The summed E-state index contributed by atoms with van der Waals surface area (Å²) in [6.45, 7) is 9.53. The summed E-state index contributed by atoms with van der Waals surface area (Å²) >= 11 is 0. The van der Waals surface area contributed by atoms with E-state index in [2.05, 4.69) is 32.8 Å². The molecule has 0 unspecified atom stereocenters. The number of aliphatic hydroxyl groups excluding tert-OH is 1. The Labute approximate surface area is 146 Å². The van der Waals surface area contributed by atoms with Crippen LogP contribution in [0.4, 0.5) is 0 Å². The molecule has 1 aliphatic heterocycles. The van der Waals surface area contributed by atoms with Crippen LogP contribution in [-0.2, 0) is 15.9 Å². The van der Waals surface area contributed by atoms with Gasteiger partial charge in [-0.1, -0.05) is 32.1 Å². The Morgan fingerprint density at radius 1 is 0.958 bits per heavy atom. The SMILES string of the molecule is CC1(C)OB(c2cnn(CCCCCCCCCO)c2)OC1(C)C. The van der Waals surface area contributed by atoms with E-state index in [4.69, 9.17) is 14.4 Å². The minimum Gasteiger partial charge on any atom is -0.399 e. The standard InChI is InChI=1S/C18H33BN2O3/c1-17(2)18(3,4)24-19(23-17)16-14-20-21(15-16)12-10-8-6-5-7-9-11-13-22/h14-15,22H,5-13H2,1-4H3. The van der Waals surface area contributed by atoms with Gasteiger partial charge in [0.1, 0.15) is 0 Å². The first-order valence-electron chi connectivity index (χ1n) is 9.34. The maximum atomic E-state index is 8.74. The van der Waals surface area contributed by atoms with E-state index in [1.54, 1.807) is 0 Å². The number of hydrogen-bond donors (Lipinski definition) is 1. The van der Waals surface area contributed by atoms with E-state index in [0.717, 1.165) is 31.3 Å². The Hall–Kier alpha value is -0.845. The Morgan fingerprint density at radius 3 is 2.08 bits per heavy atom.